The summed E-state index contributed by atoms with van der Waals surface area (Å²) in [5.41, 5.74) is 1.92. The molecule has 3 rings (SSSR count). The van der Waals surface area contributed by atoms with Gasteiger partial charge >= 0.3 is 0 Å². The number of ether oxygens (including phenoxy) is 2. The summed E-state index contributed by atoms with van der Waals surface area (Å²) in [5.74, 6) is 1.23. The Morgan fingerprint density at radius 3 is 2.34 bits per heavy atom. The van der Waals surface area contributed by atoms with Crippen LogP contribution in [0.15, 0.2) is 42.5 Å². The molecule has 2 aromatic carbocycles. The van der Waals surface area contributed by atoms with Crippen LogP contribution in [0.4, 0.5) is 0 Å². The number of carbonyl (C=O) groups is 2. The first kappa shape index (κ1) is 23.9. The van der Waals surface area contributed by atoms with E-state index in [1.165, 1.54) is 0 Å². The molecule has 0 saturated heterocycles. The molecule has 1 aliphatic rings. The number of amides is 2. The van der Waals surface area contributed by atoms with Crippen LogP contribution in [-0.4, -0.2) is 42.0 Å². The molecular formula is C25H31ClN2O4. The smallest absolute Gasteiger partial charge is 0.243 e. The van der Waals surface area contributed by atoms with E-state index < -0.39 is 6.04 Å². The molecule has 0 bridgehead atoms. The topological polar surface area (TPSA) is 67.9 Å². The van der Waals surface area contributed by atoms with Crippen LogP contribution in [0.1, 0.15) is 44.7 Å². The van der Waals surface area contributed by atoms with E-state index in [4.69, 9.17) is 21.1 Å². The van der Waals surface area contributed by atoms with Crippen LogP contribution in [0, 0.1) is 0 Å². The monoisotopic (exact) mass is 458 g/mol. The molecular weight excluding hydrogens is 428 g/mol. The average Bonchev–Trinajstić information content (AvgIpc) is 2.78. The second-order valence-corrected chi connectivity index (χ2v) is 8.65. The number of fused-ring (bicyclic) bond motifs is 1. The summed E-state index contributed by atoms with van der Waals surface area (Å²) in [6.07, 6.45) is 1.37. The molecule has 1 N–H and O–H groups in total. The Hall–Kier alpha value is -2.73. The van der Waals surface area contributed by atoms with Crippen LogP contribution in [0.5, 0.6) is 11.5 Å². The molecule has 2 aromatic rings. The number of nitrogens with one attached hydrogen (secondary N) is 1. The third kappa shape index (κ3) is 6.39. The van der Waals surface area contributed by atoms with Gasteiger partial charge in [0.15, 0.2) is 11.5 Å². The first-order chi connectivity index (χ1) is 15.4. The van der Waals surface area contributed by atoms with Crippen LogP contribution >= 0.6 is 11.6 Å². The zero-order chi connectivity index (χ0) is 23.1. The Morgan fingerprint density at radius 1 is 1.03 bits per heavy atom. The van der Waals surface area contributed by atoms with Gasteiger partial charge < -0.3 is 19.7 Å². The largest absolute Gasteiger partial charge is 0.486 e. The fourth-order valence-electron chi connectivity index (χ4n) is 3.72. The summed E-state index contributed by atoms with van der Waals surface area (Å²) in [4.78, 5) is 27.9. The number of carbonyl (C=O) groups excluding carboxylic acids is 2. The highest BCUT2D eigenvalue weighted by molar-refractivity contribution is 6.30. The summed E-state index contributed by atoms with van der Waals surface area (Å²) < 4.78 is 11.2. The standard InChI is InChI=1S/C25H31ClN2O4/c1-4-21(25(30)27-17(2)3)28(16-19-5-9-20(26)10-6-19)24(29)12-8-18-7-11-22-23(15-18)32-14-13-31-22/h5-7,9-11,15,17,21H,4,8,12-14,16H2,1-3H3,(H,27,30)/t21-/m0/s1. The number of hydrogen-bond donors (Lipinski definition) is 1. The molecule has 1 aliphatic heterocycles. The number of rotatable bonds is 9. The number of benzene rings is 2. The molecule has 0 saturated carbocycles. The van der Waals surface area contributed by atoms with Crippen LogP contribution in [-0.2, 0) is 22.6 Å². The first-order valence-electron chi connectivity index (χ1n) is 11.1. The lowest BCUT2D eigenvalue weighted by atomic mass is 10.1. The average molecular weight is 459 g/mol. The minimum absolute atomic E-state index is 0.00162. The van der Waals surface area contributed by atoms with Crippen LogP contribution < -0.4 is 14.8 Å². The molecule has 0 radical (unpaired) electrons. The molecule has 2 amide bonds. The fraction of sp³-hybridized carbons (Fsp3) is 0.440. The Kier molecular flexibility index (Phi) is 8.39. The predicted octanol–water partition coefficient (Wildman–Crippen LogP) is 4.38. The quantitative estimate of drug-likeness (QED) is 0.605. The van der Waals surface area contributed by atoms with Crippen molar-refractivity contribution in [2.45, 2.75) is 58.7 Å². The van der Waals surface area contributed by atoms with Gasteiger partial charge in [-0.15, -0.1) is 0 Å². The van der Waals surface area contributed by atoms with E-state index in [0.717, 1.165) is 16.9 Å². The Bertz CT molecular complexity index is 930. The molecule has 0 fully saturated rings. The van der Waals surface area contributed by atoms with Crippen molar-refractivity contribution in [1.29, 1.82) is 0 Å². The third-order valence-electron chi connectivity index (χ3n) is 5.32. The maximum atomic E-state index is 13.3. The second-order valence-electron chi connectivity index (χ2n) is 8.21. The van der Waals surface area contributed by atoms with E-state index >= 15 is 0 Å². The number of halogens is 1. The molecule has 1 atom stereocenters. The van der Waals surface area contributed by atoms with Crippen molar-refractivity contribution in [3.63, 3.8) is 0 Å². The Balaban J connectivity index is 1.75. The molecule has 0 aromatic heterocycles. The minimum atomic E-state index is -0.541. The normalized spacial score (nSPS) is 13.5. The third-order valence-corrected chi connectivity index (χ3v) is 5.57. The lowest BCUT2D eigenvalue weighted by Crippen LogP contribution is -2.50. The molecule has 0 spiro atoms. The molecule has 7 heteroatoms. The summed E-state index contributed by atoms with van der Waals surface area (Å²) in [5, 5.41) is 3.58. The number of aryl methyl sites for hydroxylation is 1. The van der Waals surface area contributed by atoms with Gasteiger partial charge in [-0.1, -0.05) is 36.7 Å². The van der Waals surface area contributed by atoms with Crippen LogP contribution in [0.3, 0.4) is 0 Å². The summed E-state index contributed by atoms with van der Waals surface area (Å²) in [7, 11) is 0. The summed E-state index contributed by atoms with van der Waals surface area (Å²) in [6.45, 7) is 7.17. The predicted molar refractivity (Wildman–Crippen MR) is 125 cm³/mol. The minimum Gasteiger partial charge on any atom is -0.486 e. The van der Waals surface area contributed by atoms with Crippen molar-refractivity contribution in [3.8, 4) is 11.5 Å². The second kappa shape index (κ2) is 11.2. The van der Waals surface area contributed by atoms with Gasteiger partial charge in [-0.05, 0) is 62.1 Å². The van der Waals surface area contributed by atoms with Crippen LogP contribution in [0.2, 0.25) is 5.02 Å². The van der Waals surface area contributed by atoms with Gasteiger partial charge in [-0.3, -0.25) is 9.59 Å². The SMILES string of the molecule is CC[C@@H](C(=O)NC(C)C)N(Cc1ccc(Cl)cc1)C(=O)CCc1ccc2c(c1)OCCO2. The maximum Gasteiger partial charge on any atom is 0.243 e. The lowest BCUT2D eigenvalue weighted by Gasteiger charge is -2.31. The van der Waals surface area contributed by atoms with E-state index in [0.29, 0.717) is 49.8 Å². The van der Waals surface area contributed by atoms with Gasteiger partial charge in [-0.2, -0.15) is 0 Å². The zero-order valence-corrected chi connectivity index (χ0v) is 19.7. The van der Waals surface area contributed by atoms with Gasteiger partial charge in [0.2, 0.25) is 11.8 Å². The highest BCUT2D eigenvalue weighted by Gasteiger charge is 2.28. The van der Waals surface area contributed by atoms with Crippen molar-refractivity contribution in [2.75, 3.05) is 13.2 Å². The molecule has 6 nitrogen and oxygen atoms in total. The van der Waals surface area contributed by atoms with Crippen molar-refractivity contribution in [2.24, 2.45) is 0 Å². The molecule has 0 unspecified atom stereocenters. The van der Waals surface area contributed by atoms with Gasteiger partial charge in [-0.25, -0.2) is 0 Å². The van der Waals surface area contributed by atoms with E-state index in [1.54, 1.807) is 17.0 Å². The van der Waals surface area contributed by atoms with Crippen molar-refractivity contribution in [3.05, 3.63) is 58.6 Å². The van der Waals surface area contributed by atoms with E-state index in [1.807, 2.05) is 51.1 Å². The zero-order valence-electron chi connectivity index (χ0n) is 18.9. The number of hydrogen-bond acceptors (Lipinski definition) is 4. The fourth-order valence-corrected chi connectivity index (χ4v) is 3.85. The first-order valence-corrected chi connectivity index (χ1v) is 11.5. The van der Waals surface area contributed by atoms with Gasteiger partial charge in [0.05, 0.1) is 0 Å². The van der Waals surface area contributed by atoms with Crippen molar-refractivity contribution >= 4 is 23.4 Å². The van der Waals surface area contributed by atoms with E-state index in [2.05, 4.69) is 5.32 Å². The molecule has 32 heavy (non-hydrogen) atoms. The van der Waals surface area contributed by atoms with E-state index in [9.17, 15) is 9.59 Å². The highest BCUT2D eigenvalue weighted by Crippen LogP contribution is 2.31. The summed E-state index contributed by atoms with van der Waals surface area (Å²) >= 11 is 6.01. The van der Waals surface area contributed by atoms with Gasteiger partial charge in [0, 0.05) is 24.0 Å². The van der Waals surface area contributed by atoms with Crippen molar-refractivity contribution < 1.29 is 19.1 Å². The van der Waals surface area contributed by atoms with Crippen LogP contribution in [0.25, 0.3) is 0 Å². The maximum absolute atomic E-state index is 13.3. The molecule has 172 valence electrons. The number of nitrogens with zero attached hydrogens (tertiary/aromatic N) is 1. The van der Waals surface area contributed by atoms with Crippen molar-refractivity contribution in [1.82, 2.24) is 10.2 Å². The van der Waals surface area contributed by atoms with Gasteiger partial charge in [0.1, 0.15) is 19.3 Å². The lowest BCUT2D eigenvalue weighted by molar-refractivity contribution is -0.141. The molecule has 0 aliphatic carbocycles. The Labute approximate surface area is 194 Å². The highest BCUT2D eigenvalue weighted by atomic mass is 35.5. The van der Waals surface area contributed by atoms with Gasteiger partial charge in [0.25, 0.3) is 0 Å². The Morgan fingerprint density at radius 2 is 1.69 bits per heavy atom. The summed E-state index contributed by atoms with van der Waals surface area (Å²) in [6, 6.07) is 12.6. The van der Waals surface area contributed by atoms with E-state index in [-0.39, 0.29) is 17.9 Å². The molecule has 1 heterocycles.